The molecule has 2 aromatic carbocycles. The Morgan fingerprint density at radius 1 is 1.15 bits per heavy atom. The number of hydrogen-bond acceptors (Lipinski definition) is 3. The van der Waals surface area contributed by atoms with E-state index in [1.807, 2.05) is 43.3 Å². The van der Waals surface area contributed by atoms with Crippen LogP contribution in [-0.4, -0.2) is 30.6 Å². The number of methoxy groups -OCH3 is 1. The molecule has 2 aromatic rings. The molecule has 2 unspecified atom stereocenters. The fraction of sp³-hybridized carbons (Fsp3) is 0.333. The van der Waals surface area contributed by atoms with Crippen LogP contribution >= 0.6 is 0 Å². The lowest BCUT2D eigenvalue weighted by atomic mass is 9.97. The highest BCUT2D eigenvalue weighted by atomic mass is 16.5. The van der Waals surface area contributed by atoms with Crippen LogP contribution in [0.4, 0.5) is 0 Å². The highest BCUT2D eigenvalue weighted by molar-refractivity contribution is 5.83. The number of ether oxygens (including phenoxy) is 1. The van der Waals surface area contributed by atoms with Crippen molar-refractivity contribution in [2.45, 2.75) is 26.2 Å². The lowest BCUT2D eigenvalue weighted by Crippen LogP contribution is -2.36. The molecule has 26 heavy (non-hydrogen) atoms. The summed E-state index contributed by atoms with van der Waals surface area (Å²) >= 11 is 0. The molecule has 0 radical (unpaired) electrons. The van der Waals surface area contributed by atoms with E-state index in [0.717, 1.165) is 22.4 Å². The molecule has 0 heterocycles. The second-order valence-electron chi connectivity index (χ2n) is 6.47. The van der Waals surface area contributed by atoms with Crippen molar-refractivity contribution in [2.24, 2.45) is 5.92 Å². The molecule has 0 bridgehead atoms. The minimum Gasteiger partial charge on any atom is -0.497 e. The lowest BCUT2D eigenvalue weighted by molar-refractivity contribution is -0.141. The van der Waals surface area contributed by atoms with Crippen LogP contribution in [0.15, 0.2) is 48.5 Å². The first kappa shape index (κ1) is 19.5. The smallest absolute Gasteiger partial charge is 0.308 e. The van der Waals surface area contributed by atoms with Gasteiger partial charge in [-0.2, -0.15) is 0 Å². The normalized spacial score (nSPS) is 12.9. The molecule has 2 N–H and O–H groups in total. The summed E-state index contributed by atoms with van der Waals surface area (Å²) in [5.74, 6) is -1.40. The first-order valence-electron chi connectivity index (χ1n) is 8.60. The van der Waals surface area contributed by atoms with E-state index in [1.165, 1.54) is 0 Å². The first-order valence-corrected chi connectivity index (χ1v) is 8.60. The summed E-state index contributed by atoms with van der Waals surface area (Å²) in [6.45, 7) is 3.87. The minimum atomic E-state index is -0.913. The average Bonchev–Trinajstić information content (AvgIpc) is 2.64. The third-order valence-corrected chi connectivity index (χ3v) is 4.45. The SMILES string of the molecule is COc1ccc(C(C)C(=O)NCC(Cc2cccc(C)c2)C(=O)O)cc1. The predicted molar refractivity (Wildman–Crippen MR) is 100 cm³/mol. The Kier molecular flexibility index (Phi) is 6.78. The van der Waals surface area contributed by atoms with Gasteiger partial charge in [0.2, 0.25) is 5.91 Å². The molecule has 0 saturated heterocycles. The number of nitrogens with one attached hydrogen (secondary N) is 1. The second kappa shape index (κ2) is 9.04. The molecule has 0 aliphatic carbocycles. The number of amides is 1. The van der Waals surface area contributed by atoms with Gasteiger partial charge in [0.15, 0.2) is 0 Å². The molecular formula is C21H25NO4. The van der Waals surface area contributed by atoms with Gasteiger partial charge < -0.3 is 15.2 Å². The Morgan fingerprint density at radius 2 is 1.85 bits per heavy atom. The molecule has 138 valence electrons. The largest absolute Gasteiger partial charge is 0.497 e. The molecule has 0 saturated carbocycles. The quantitative estimate of drug-likeness (QED) is 0.763. The summed E-state index contributed by atoms with van der Waals surface area (Å²) in [7, 11) is 1.59. The van der Waals surface area contributed by atoms with Crippen molar-refractivity contribution in [3.05, 3.63) is 65.2 Å². The molecule has 0 aliphatic heterocycles. The molecule has 1 amide bonds. The Balaban J connectivity index is 1.96. The van der Waals surface area contributed by atoms with E-state index in [9.17, 15) is 14.7 Å². The summed E-state index contributed by atoms with van der Waals surface area (Å²) in [5.41, 5.74) is 2.90. The number of hydrogen-bond donors (Lipinski definition) is 2. The maximum atomic E-state index is 12.4. The Morgan fingerprint density at radius 3 is 2.42 bits per heavy atom. The van der Waals surface area contributed by atoms with Crippen LogP contribution in [0, 0.1) is 12.8 Å². The number of carboxylic acid groups (broad SMARTS) is 1. The molecule has 0 aliphatic rings. The van der Waals surface area contributed by atoms with Crippen LogP contribution in [0.1, 0.15) is 29.5 Å². The zero-order valence-corrected chi connectivity index (χ0v) is 15.4. The van der Waals surface area contributed by atoms with Crippen molar-refractivity contribution in [1.29, 1.82) is 0 Å². The van der Waals surface area contributed by atoms with Gasteiger partial charge >= 0.3 is 5.97 Å². The fourth-order valence-electron chi connectivity index (χ4n) is 2.79. The van der Waals surface area contributed by atoms with Crippen LogP contribution in [-0.2, 0) is 16.0 Å². The number of carbonyl (C=O) groups excluding carboxylic acids is 1. The van der Waals surface area contributed by atoms with E-state index in [-0.39, 0.29) is 18.4 Å². The van der Waals surface area contributed by atoms with Crippen molar-refractivity contribution < 1.29 is 19.4 Å². The third-order valence-electron chi connectivity index (χ3n) is 4.45. The minimum absolute atomic E-state index is 0.0998. The van der Waals surface area contributed by atoms with E-state index >= 15 is 0 Å². The van der Waals surface area contributed by atoms with Gasteiger partial charge in [0.1, 0.15) is 5.75 Å². The Hall–Kier alpha value is -2.82. The number of benzene rings is 2. The topological polar surface area (TPSA) is 75.6 Å². The van der Waals surface area contributed by atoms with Crippen LogP contribution in [0.3, 0.4) is 0 Å². The van der Waals surface area contributed by atoms with Gasteiger partial charge in [-0.1, -0.05) is 42.0 Å². The third kappa shape index (κ3) is 5.34. The van der Waals surface area contributed by atoms with E-state index in [2.05, 4.69) is 5.32 Å². The molecule has 5 nitrogen and oxygen atoms in total. The van der Waals surface area contributed by atoms with Gasteiger partial charge in [0, 0.05) is 6.54 Å². The van der Waals surface area contributed by atoms with Crippen molar-refractivity contribution in [3.63, 3.8) is 0 Å². The van der Waals surface area contributed by atoms with Gasteiger partial charge in [-0.25, -0.2) is 0 Å². The van der Waals surface area contributed by atoms with Crippen LogP contribution in [0.5, 0.6) is 5.75 Å². The summed E-state index contributed by atoms with van der Waals surface area (Å²) in [6.07, 6.45) is 0.383. The molecule has 2 atom stereocenters. The first-order chi connectivity index (χ1) is 12.4. The van der Waals surface area contributed by atoms with E-state index in [0.29, 0.717) is 6.42 Å². The van der Waals surface area contributed by atoms with Crippen LogP contribution < -0.4 is 10.1 Å². The summed E-state index contributed by atoms with van der Waals surface area (Å²) in [6, 6.07) is 15.0. The molecular weight excluding hydrogens is 330 g/mol. The summed E-state index contributed by atoms with van der Waals surface area (Å²) in [4.78, 5) is 23.9. The van der Waals surface area contributed by atoms with Crippen LogP contribution in [0.2, 0.25) is 0 Å². The predicted octanol–water partition coefficient (Wildman–Crippen LogP) is 3.17. The molecule has 0 spiro atoms. The van der Waals surface area contributed by atoms with Gasteiger partial charge in [0.25, 0.3) is 0 Å². The molecule has 0 aromatic heterocycles. The van der Waals surface area contributed by atoms with Crippen molar-refractivity contribution in [3.8, 4) is 5.75 Å². The van der Waals surface area contributed by atoms with Crippen molar-refractivity contribution in [1.82, 2.24) is 5.32 Å². The van der Waals surface area contributed by atoms with Crippen molar-refractivity contribution >= 4 is 11.9 Å². The second-order valence-corrected chi connectivity index (χ2v) is 6.47. The monoisotopic (exact) mass is 355 g/mol. The zero-order valence-electron chi connectivity index (χ0n) is 15.4. The zero-order chi connectivity index (χ0) is 19.1. The molecule has 2 rings (SSSR count). The Labute approximate surface area is 154 Å². The maximum absolute atomic E-state index is 12.4. The average molecular weight is 355 g/mol. The number of rotatable bonds is 8. The summed E-state index contributed by atoms with van der Waals surface area (Å²) < 4.78 is 5.11. The number of aliphatic carboxylic acids is 1. The lowest BCUT2D eigenvalue weighted by Gasteiger charge is -2.17. The van der Waals surface area contributed by atoms with E-state index in [1.54, 1.807) is 26.2 Å². The number of aryl methyl sites for hydroxylation is 1. The highest BCUT2D eigenvalue weighted by Crippen LogP contribution is 2.19. The maximum Gasteiger partial charge on any atom is 0.308 e. The summed E-state index contributed by atoms with van der Waals surface area (Å²) in [5, 5.41) is 12.2. The Bertz CT molecular complexity index is 755. The van der Waals surface area contributed by atoms with E-state index < -0.39 is 11.9 Å². The van der Waals surface area contributed by atoms with Gasteiger partial charge in [-0.3, -0.25) is 9.59 Å². The van der Waals surface area contributed by atoms with E-state index in [4.69, 9.17) is 4.74 Å². The van der Waals surface area contributed by atoms with Gasteiger partial charge in [-0.05, 0) is 43.5 Å². The number of carbonyl (C=O) groups is 2. The fourth-order valence-corrected chi connectivity index (χ4v) is 2.79. The molecule has 5 heteroatoms. The van der Waals surface area contributed by atoms with Crippen molar-refractivity contribution in [2.75, 3.05) is 13.7 Å². The standard InChI is InChI=1S/C21H25NO4/c1-14-5-4-6-16(11-14)12-18(21(24)25)13-22-20(23)15(2)17-7-9-19(26-3)10-8-17/h4-11,15,18H,12-13H2,1-3H3,(H,22,23)(H,24,25). The highest BCUT2D eigenvalue weighted by Gasteiger charge is 2.21. The van der Waals surface area contributed by atoms with Gasteiger partial charge in [0.05, 0.1) is 18.9 Å². The molecule has 0 fully saturated rings. The number of carboxylic acids is 1. The van der Waals surface area contributed by atoms with Gasteiger partial charge in [-0.15, -0.1) is 0 Å². The van der Waals surface area contributed by atoms with Crippen LogP contribution in [0.25, 0.3) is 0 Å².